The molecule has 2 aromatic rings. The zero-order chi connectivity index (χ0) is 32.2. The summed E-state index contributed by atoms with van der Waals surface area (Å²) in [7, 11) is 0. The van der Waals surface area contributed by atoms with Gasteiger partial charge in [0, 0.05) is 18.2 Å². The first-order valence-corrected chi connectivity index (χ1v) is 13.4. The molecule has 1 unspecified atom stereocenters. The Morgan fingerprint density at radius 2 is 1.77 bits per heavy atom. The average molecular weight is 609 g/mol. The maximum atomic E-state index is 13.6. The van der Waals surface area contributed by atoms with Crippen LogP contribution in [0.1, 0.15) is 45.2 Å². The fraction of sp³-hybridized carbons (Fsp3) is 0.538. The molecule has 0 aromatic carbocycles. The number of nitrogens with two attached hydrogens (primary N) is 1. The molecule has 43 heavy (non-hydrogen) atoms. The average Bonchev–Trinajstić information content (AvgIpc) is 3.22. The van der Waals surface area contributed by atoms with Crippen LogP contribution >= 0.6 is 0 Å². The van der Waals surface area contributed by atoms with Gasteiger partial charge in [0.2, 0.25) is 11.8 Å². The molecule has 1 saturated heterocycles. The summed E-state index contributed by atoms with van der Waals surface area (Å²) >= 11 is 0. The highest BCUT2D eigenvalue weighted by Gasteiger charge is 2.50. The van der Waals surface area contributed by atoms with Crippen molar-refractivity contribution in [2.75, 3.05) is 0 Å². The Morgan fingerprint density at radius 3 is 2.33 bits per heavy atom. The molecule has 0 radical (unpaired) electrons. The van der Waals surface area contributed by atoms with Gasteiger partial charge in [0.05, 0.1) is 17.9 Å². The van der Waals surface area contributed by atoms with Gasteiger partial charge in [-0.3, -0.25) is 28.9 Å². The molecule has 0 bridgehead atoms. The lowest BCUT2D eigenvalue weighted by atomic mass is 9.91. The first-order valence-electron chi connectivity index (χ1n) is 13.4. The van der Waals surface area contributed by atoms with Gasteiger partial charge < -0.3 is 46.6 Å². The third kappa shape index (κ3) is 7.82. The van der Waals surface area contributed by atoms with Gasteiger partial charge in [0.15, 0.2) is 12.3 Å². The first-order chi connectivity index (χ1) is 20.1. The molecule has 9 atom stereocenters. The van der Waals surface area contributed by atoms with Crippen molar-refractivity contribution in [1.82, 2.24) is 25.2 Å². The number of nitrogens with one attached hydrogen (secondary N) is 3. The van der Waals surface area contributed by atoms with Gasteiger partial charge in [-0.15, -0.1) is 0 Å². The lowest BCUT2D eigenvalue weighted by Gasteiger charge is -2.31. The van der Waals surface area contributed by atoms with Crippen molar-refractivity contribution in [2.45, 2.75) is 76.0 Å². The van der Waals surface area contributed by atoms with Crippen molar-refractivity contribution in [3.8, 4) is 5.75 Å². The fourth-order valence-corrected chi connectivity index (χ4v) is 4.68. The zero-order valence-corrected chi connectivity index (χ0v) is 23.5. The molecule has 2 aromatic heterocycles. The maximum Gasteiger partial charge on any atom is 0.330 e. The molecule has 17 nitrogen and oxygen atoms in total. The minimum Gasteiger partial charge on any atom is -0.506 e. The van der Waals surface area contributed by atoms with Crippen LogP contribution in [-0.2, 0) is 19.1 Å². The van der Waals surface area contributed by atoms with E-state index in [1.165, 1.54) is 19.1 Å². The van der Waals surface area contributed by atoms with Gasteiger partial charge in [-0.05, 0) is 24.5 Å². The SMILES string of the molecule is CC(C)C[C@H](N)C(=O)N[C@H](C(=O)N[C@H](C(=O)O)[C@H]1OC(n2ccc(=O)[nH]c2=O)[C@H](O)[C@@H]1O)[C@H](C)[C@H](O)c1ccc(O)cn1. The van der Waals surface area contributed by atoms with E-state index in [2.05, 4.69) is 15.6 Å². The quantitative estimate of drug-likeness (QED) is 0.117. The number of aliphatic hydroxyl groups is 3. The minimum absolute atomic E-state index is 0.0176. The van der Waals surface area contributed by atoms with Crippen LogP contribution in [0.25, 0.3) is 0 Å². The number of aromatic amines is 1. The molecule has 0 aliphatic carbocycles. The number of rotatable bonds is 12. The number of pyridine rings is 1. The summed E-state index contributed by atoms with van der Waals surface area (Å²) in [5, 5.41) is 56.2. The summed E-state index contributed by atoms with van der Waals surface area (Å²) < 4.78 is 6.24. The van der Waals surface area contributed by atoms with Crippen LogP contribution < -0.4 is 27.6 Å². The number of carbonyl (C=O) groups is 3. The van der Waals surface area contributed by atoms with Crippen LogP contribution in [0.3, 0.4) is 0 Å². The number of aromatic nitrogens is 3. The van der Waals surface area contributed by atoms with E-state index in [-0.39, 0.29) is 23.8 Å². The summed E-state index contributed by atoms with van der Waals surface area (Å²) in [5.41, 5.74) is 4.25. The van der Waals surface area contributed by atoms with Gasteiger partial charge in [0.1, 0.15) is 36.2 Å². The Labute approximate surface area is 244 Å². The lowest BCUT2D eigenvalue weighted by Crippen LogP contribution is -2.60. The summed E-state index contributed by atoms with van der Waals surface area (Å²) in [6.07, 6.45) is -6.42. The predicted molar refractivity (Wildman–Crippen MR) is 146 cm³/mol. The number of hydrogen-bond donors (Lipinski definition) is 9. The topological polar surface area (TPSA) is 279 Å². The van der Waals surface area contributed by atoms with Gasteiger partial charge >= 0.3 is 11.7 Å². The van der Waals surface area contributed by atoms with Gasteiger partial charge in [-0.1, -0.05) is 20.8 Å². The highest BCUT2D eigenvalue weighted by molar-refractivity contribution is 5.92. The molecule has 3 rings (SSSR count). The number of hydrogen-bond acceptors (Lipinski definition) is 12. The van der Waals surface area contributed by atoms with E-state index < -0.39 is 83.7 Å². The number of carboxylic acid groups (broad SMARTS) is 1. The van der Waals surface area contributed by atoms with Crippen molar-refractivity contribution in [3.63, 3.8) is 0 Å². The molecule has 0 saturated carbocycles. The highest BCUT2D eigenvalue weighted by atomic mass is 16.6. The Kier molecular flexibility index (Phi) is 10.8. The van der Waals surface area contributed by atoms with Crippen molar-refractivity contribution < 1.29 is 44.7 Å². The Bertz CT molecular complexity index is 1410. The lowest BCUT2D eigenvalue weighted by molar-refractivity contribution is -0.150. The molecule has 0 spiro atoms. The number of H-pyrrole nitrogens is 1. The van der Waals surface area contributed by atoms with Crippen molar-refractivity contribution in [3.05, 3.63) is 57.1 Å². The van der Waals surface area contributed by atoms with Crippen LogP contribution in [-0.4, -0.2) is 94.3 Å². The summed E-state index contributed by atoms with van der Waals surface area (Å²) in [6, 6.07) is -1.19. The molecule has 1 aliphatic heterocycles. The number of nitrogens with zero attached hydrogens (tertiary/aromatic N) is 2. The van der Waals surface area contributed by atoms with Crippen LogP contribution in [0.5, 0.6) is 5.75 Å². The fourth-order valence-electron chi connectivity index (χ4n) is 4.68. The van der Waals surface area contributed by atoms with Crippen LogP contribution in [0, 0.1) is 11.8 Å². The number of carboxylic acids is 1. The normalized spacial score (nSPS) is 23.6. The Morgan fingerprint density at radius 1 is 1.09 bits per heavy atom. The van der Waals surface area contributed by atoms with E-state index in [4.69, 9.17) is 10.5 Å². The van der Waals surface area contributed by atoms with E-state index in [9.17, 15) is 49.5 Å². The second kappa shape index (κ2) is 13.9. The Hall–Kier alpha value is -4.16. The monoisotopic (exact) mass is 608 g/mol. The van der Waals surface area contributed by atoms with Crippen molar-refractivity contribution in [2.24, 2.45) is 17.6 Å². The smallest absolute Gasteiger partial charge is 0.330 e. The standard InChI is InChI=1S/C26H36N6O11/c1-10(2)8-13(27)22(38)30-16(11(3)18(35)14-5-4-12(33)9-28-14)23(39)31-17(25(40)41)21-19(36)20(37)24(43-21)32-7-6-15(34)29-26(32)42/h4-7,9-11,13,16-21,24,33,35-37H,8,27H2,1-3H3,(H,30,38)(H,31,39)(H,40,41)(H,29,34,42)/t11-,13-,16-,17-,18-,19-,20+,21+,24?/m0/s1. The number of amides is 2. The highest BCUT2D eigenvalue weighted by Crippen LogP contribution is 2.31. The molecule has 2 amide bonds. The van der Waals surface area contributed by atoms with E-state index in [0.29, 0.717) is 0 Å². The zero-order valence-electron chi connectivity index (χ0n) is 23.5. The van der Waals surface area contributed by atoms with Crippen molar-refractivity contribution >= 4 is 17.8 Å². The number of aliphatic hydroxyl groups excluding tert-OH is 3. The van der Waals surface area contributed by atoms with Gasteiger partial charge in [0.25, 0.3) is 5.56 Å². The van der Waals surface area contributed by atoms with Crippen LogP contribution in [0.15, 0.2) is 40.2 Å². The van der Waals surface area contributed by atoms with E-state index >= 15 is 0 Å². The van der Waals surface area contributed by atoms with Gasteiger partial charge in [-0.25, -0.2) is 9.59 Å². The molecule has 17 heteroatoms. The minimum atomic E-state index is -2.03. The maximum absolute atomic E-state index is 13.6. The number of aromatic hydroxyl groups is 1. The largest absolute Gasteiger partial charge is 0.506 e. The van der Waals surface area contributed by atoms with Crippen LogP contribution in [0.2, 0.25) is 0 Å². The number of aliphatic carboxylic acids is 1. The summed E-state index contributed by atoms with van der Waals surface area (Å²) in [6.45, 7) is 5.04. The number of carbonyl (C=O) groups excluding carboxylic acids is 2. The second-order valence-electron chi connectivity index (χ2n) is 10.8. The second-order valence-corrected chi connectivity index (χ2v) is 10.8. The molecular formula is C26H36N6O11. The Balaban J connectivity index is 1.90. The first kappa shape index (κ1) is 33.3. The summed E-state index contributed by atoms with van der Waals surface area (Å²) in [5.74, 6) is -4.89. The summed E-state index contributed by atoms with van der Waals surface area (Å²) in [4.78, 5) is 68.2. The van der Waals surface area contributed by atoms with Gasteiger partial charge in [-0.2, -0.15) is 0 Å². The van der Waals surface area contributed by atoms with Crippen LogP contribution in [0.4, 0.5) is 0 Å². The third-order valence-corrected chi connectivity index (χ3v) is 7.03. The number of ether oxygens (including phenoxy) is 1. The molecule has 1 aliphatic rings. The van der Waals surface area contributed by atoms with E-state index in [1.807, 2.05) is 18.8 Å². The van der Waals surface area contributed by atoms with E-state index in [0.717, 1.165) is 23.0 Å². The molecule has 10 N–H and O–H groups in total. The van der Waals surface area contributed by atoms with E-state index in [1.54, 1.807) is 0 Å². The predicted octanol–water partition coefficient (Wildman–Crippen LogP) is -2.95. The third-order valence-electron chi connectivity index (χ3n) is 7.03. The molecule has 236 valence electrons. The molecule has 3 heterocycles. The van der Waals surface area contributed by atoms with Crippen molar-refractivity contribution in [1.29, 1.82) is 0 Å². The molecule has 1 fully saturated rings. The molecular weight excluding hydrogens is 572 g/mol.